The van der Waals surface area contributed by atoms with E-state index < -0.39 is 0 Å². The quantitative estimate of drug-likeness (QED) is 0.622. The summed E-state index contributed by atoms with van der Waals surface area (Å²) in [4.78, 5) is 26.8. The van der Waals surface area contributed by atoms with Crippen molar-refractivity contribution in [3.63, 3.8) is 0 Å². The highest BCUT2D eigenvalue weighted by atomic mass is 16.5. The summed E-state index contributed by atoms with van der Waals surface area (Å²) in [7, 11) is 1.88. The minimum atomic E-state index is -0.260. The van der Waals surface area contributed by atoms with E-state index in [9.17, 15) is 9.59 Å². The lowest BCUT2D eigenvalue weighted by Gasteiger charge is -2.31. The Hall–Kier alpha value is -3.02. The lowest BCUT2D eigenvalue weighted by molar-refractivity contribution is -0.118. The van der Waals surface area contributed by atoms with E-state index >= 15 is 0 Å². The summed E-state index contributed by atoms with van der Waals surface area (Å²) in [5.41, 5.74) is 1.27. The van der Waals surface area contributed by atoms with Crippen LogP contribution in [0.1, 0.15) is 55.8 Å². The lowest BCUT2D eigenvalue weighted by Crippen LogP contribution is -2.38. The Kier molecular flexibility index (Phi) is 8.33. The summed E-state index contributed by atoms with van der Waals surface area (Å²) >= 11 is 0. The molecule has 2 aromatic carbocycles. The summed E-state index contributed by atoms with van der Waals surface area (Å²) < 4.78 is 11.1. The molecule has 0 aromatic heterocycles. The fourth-order valence-corrected chi connectivity index (χ4v) is 3.73. The molecule has 166 valence electrons. The number of rotatable bonds is 9. The van der Waals surface area contributed by atoms with E-state index in [1.165, 1.54) is 19.3 Å². The van der Waals surface area contributed by atoms with Gasteiger partial charge in [0.2, 0.25) is 0 Å². The number of hydrogen-bond acceptors (Lipinski definition) is 4. The molecule has 0 radical (unpaired) electrons. The van der Waals surface area contributed by atoms with Crippen LogP contribution in [0.5, 0.6) is 11.5 Å². The molecule has 1 fully saturated rings. The number of anilines is 1. The molecule has 1 saturated carbocycles. The van der Waals surface area contributed by atoms with Crippen molar-refractivity contribution in [3.05, 3.63) is 54.1 Å². The number of amides is 2. The predicted octanol–water partition coefficient (Wildman–Crippen LogP) is 4.90. The van der Waals surface area contributed by atoms with Crippen molar-refractivity contribution in [2.75, 3.05) is 25.6 Å². The van der Waals surface area contributed by atoms with Gasteiger partial charge in [0.1, 0.15) is 11.5 Å². The molecule has 0 aliphatic heterocycles. The monoisotopic (exact) mass is 424 g/mol. The molecular weight excluding hydrogens is 392 g/mol. The van der Waals surface area contributed by atoms with Crippen LogP contribution in [0, 0.1) is 0 Å². The molecule has 0 unspecified atom stereocenters. The smallest absolute Gasteiger partial charge is 0.262 e. The average molecular weight is 425 g/mol. The van der Waals surface area contributed by atoms with Gasteiger partial charge in [-0.3, -0.25) is 9.59 Å². The fourth-order valence-electron chi connectivity index (χ4n) is 3.73. The number of carbonyl (C=O) groups is 2. The molecule has 0 bridgehead atoms. The van der Waals surface area contributed by atoms with Crippen molar-refractivity contribution in [2.45, 2.75) is 51.5 Å². The topological polar surface area (TPSA) is 67.9 Å². The van der Waals surface area contributed by atoms with Gasteiger partial charge in [-0.2, -0.15) is 0 Å². The Bertz CT molecular complexity index is 843. The summed E-state index contributed by atoms with van der Waals surface area (Å²) in [5, 5.41) is 2.80. The van der Waals surface area contributed by atoms with Crippen LogP contribution in [0.2, 0.25) is 0 Å². The Labute approximate surface area is 184 Å². The van der Waals surface area contributed by atoms with E-state index in [-0.39, 0.29) is 18.4 Å². The van der Waals surface area contributed by atoms with Crippen LogP contribution in [0.4, 0.5) is 5.69 Å². The van der Waals surface area contributed by atoms with Gasteiger partial charge in [0.25, 0.3) is 11.8 Å². The van der Waals surface area contributed by atoms with Crippen molar-refractivity contribution in [2.24, 2.45) is 0 Å². The zero-order valence-corrected chi connectivity index (χ0v) is 18.4. The molecule has 2 amide bonds. The van der Waals surface area contributed by atoms with Gasteiger partial charge in [-0.05, 0) is 67.8 Å². The summed E-state index contributed by atoms with van der Waals surface area (Å²) in [5.74, 6) is 1.15. The zero-order chi connectivity index (χ0) is 22.1. The van der Waals surface area contributed by atoms with E-state index in [4.69, 9.17) is 9.47 Å². The summed E-state index contributed by atoms with van der Waals surface area (Å²) in [6, 6.07) is 14.5. The molecule has 0 heterocycles. The maximum Gasteiger partial charge on any atom is 0.262 e. The molecule has 0 atom stereocenters. The molecule has 1 aliphatic rings. The highest BCUT2D eigenvalue weighted by Gasteiger charge is 2.22. The maximum atomic E-state index is 12.7. The van der Waals surface area contributed by atoms with Gasteiger partial charge < -0.3 is 19.7 Å². The van der Waals surface area contributed by atoms with E-state index in [1.807, 2.05) is 24.1 Å². The van der Waals surface area contributed by atoms with Gasteiger partial charge >= 0.3 is 0 Å². The number of ether oxygens (including phenoxy) is 2. The van der Waals surface area contributed by atoms with Crippen molar-refractivity contribution >= 4 is 17.5 Å². The number of nitrogens with one attached hydrogen (secondary N) is 1. The van der Waals surface area contributed by atoms with Gasteiger partial charge in [0.05, 0.1) is 6.61 Å². The third-order valence-corrected chi connectivity index (χ3v) is 5.52. The Morgan fingerprint density at radius 2 is 1.55 bits per heavy atom. The molecular formula is C25H32N2O4. The van der Waals surface area contributed by atoms with E-state index in [1.54, 1.807) is 36.4 Å². The second kappa shape index (κ2) is 11.4. The first-order chi connectivity index (χ1) is 15.1. The molecule has 2 aromatic rings. The molecule has 31 heavy (non-hydrogen) atoms. The van der Waals surface area contributed by atoms with E-state index in [0.29, 0.717) is 29.6 Å². The van der Waals surface area contributed by atoms with Gasteiger partial charge in [0.15, 0.2) is 6.61 Å². The zero-order valence-electron chi connectivity index (χ0n) is 18.4. The van der Waals surface area contributed by atoms with Crippen LogP contribution in [-0.4, -0.2) is 43.0 Å². The first-order valence-electron chi connectivity index (χ1n) is 11.1. The van der Waals surface area contributed by atoms with Gasteiger partial charge in [-0.15, -0.1) is 0 Å². The second-order valence-electron chi connectivity index (χ2n) is 7.94. The van der Waals surface area contributed by atoms with Crippen LogP contribution >= 0.6 is 0 Å². The largest absolute Gasteiger partial charge is 0.494 e. The molecule has 0 spiro atoms. The molecule has 6 heteroatoms. The van der Waals surface area contributed by atoms with Crippen molar-refractivity contribution < 1.29 is 19.1 Å². The molecule has 3 rings (SSSR count). The van der Waals surface area contributed by atoms with E-state index in [2.05, 4.69) is 12.2 Å². The van der Waals surface area contributed by atoms with Crippen LogP contribution in [0.3, 0.4) is 0 Å². The Balaban J connectivity index is 1.46. The lowest BCUT2D eigenvalue weighted by atomic mass is 9.94. The van der Waals surface area contributed by atoms with Crippen molar-refractivity contribution in [3.8, 4) is 11.5 Å². The number of nitrogens with zero attached hydrogens (tertiary/aromatic N) is 1. The predicted molar refractivity (Wildman–Crippen MR) is 122 cm³/mol. The first kappa shape index (κ1) is 22.7. The van der Waals surface area contributed by atoms with Crippen molar-refractivity contribution in [1.29, 1.82) is 0 Å². The Morgan fingerprint density at radius 3 is 2.16 bits per heavy atom. The molecule has 1 aliphatic carbocycles. The minimum Gasteiger partial charge on any atom is -0.494 e. The minimum absolute atomic E-state index is 0.0273. The van der Waals surface area contributed by atoms with Crippen LogP contribution < -0.4 is 14.8 Å². The highest BCUT2D eigenvalue weighted by Crippen LogP contribution is 2.23. The fraction of sp³-hybridized carbons (Fsp3) is 0.440. The Morgan fingerprint density at radius 1 is 0.935 bits per heavy atom. The van der Waals surface area contributed by atoms with Gasteiger partial charge in [-0.1, -0.05) is 26.2 Å². The summed E-state index contributed by atoms with van der Waals surface area (Å²) in [6.45, 7) is 2.63. The average Bonchev–Trinajstić information content (AvgIpc) is 2.82. The summed E-state index contributed by atoms with van der Waals surface area (Å²) in [6.07, 6.45) is 6.73. The second-order valence-corrected chi connectivity index (χ2v) is 7.94. The first-order valence-corrected chi connectivity index (χ1v) is 11.1. The maximum absolute atomic E-state index is 12.7. The van der Waals surface area contributed by atoms with Gasteiger partial charge in [-0.25, -0.2) is 0 Å². The molecule has 1 N–H and O–H groups in total. The van der Waals surface area contributed by atoms with E-state index in [0.717, 1.165) is 25.0 Å². The standard InChI is InChI=1S/C25H32N2O4/c1-3-17-30-22-13-15-23(16-14-22)31-18-24(28)26-20-11-9-19(10-12-20)25(29)27(2)21-7-5-4-6-8-21/h9-16,21H,3-8,17-18H2,1-2H3,(H,26,28). The van der Waals surface area contributed by atoms with Crippen LogP contribution in [-0.2, 0) is 4.79 Å². The number of benzene rings is 2. The van der Waals surface area contributed by atoms with Crippen LogP contribution in [0.15, 0.2) is 48.5 Å². The third-order valence-electron chi connectivity index (χ3n) is 5.52. The highest BCUT2D eigenvalue weighted by molar-refractivity contribution is 5.96. The van der Waals surface area contributed by atoms with Crippen molar-refractivity contribution in [1.82, 2.24) is 4.90 Å². The number of hydrogen-bond donors (Lipinski definition) is 1. The van der Waals surface area contributed by atoms with Gasteiger partial charge in [0, 0.05) is 24.3 Å². The van der Waals surface area contributed by atoms with Crippen LogP contribution in [0.25, 0.3) is 0 Å². The normalized spacial score (nSPS) is 14.0. The molecule has 6 nitrogen and oxygen atoms in total. The number of carbonyl (C=O) groups excluding carboxylic acids is 2. The third kappa shape index (κ3) is 6.74. The molecule has 0 saturated heterocycles. The SMILES string of the molecule is CCCOc1ccc(OCC(=O)Nc2ccc(C(=O)N(C)C3CCCCC3)cc2)cc1.